The molecule has 0 amide bonds. The molecule has 2 rings (SSSR count). The second-order valence-corrected chi connectivity index (χ2v) is 5.91. The fraction of sp³-hybridized carbons (Fsp3) is 0.611. The minimum Gasteiger partial charge on any atom is -0.476 e. The number of rotatable bonds is 12. The van der Waals surface area contributed by atoms with Crippen LogP contribution in [0.2, 0.25) is 0 Å². The molecule has 0 saturated carbocycles. The zero-order valence-corrected chi connectivity index (χ0v) is 17.1. The Morgan fingerprint density at radius 1 is 1.10 bits per heavy atom. The second kappa shape index (κ2) is 11.1. The van der Waals surface area contributed by atoms with Gasteiger partial charge >= 0.3 is 11.9 Å². The van der Waals surface area contributed by atoms with Crippen LogP contribution in [0.5, 0.6) is 5.88 Å². The zero-order valence-electron chi connectivity index (χ0n) is 17.1. The van der Waals surface area contributed by atoms with E-state index in [0.717, 1.165) is 0 Å². The first-order valence-electron chi connectivity index (χ1n) is 9.48. The van der Waals surface area contributed by atoms with Crippen molar-refractivity contribution in [2.24, 2.45) is 0 Å². The summed E-state index contributed by atoms with van der Waals surface area (Å²) in [5.41, 5.74) is 1.02. The number of aromatic nitrogens is 4. The normalized spacial score (nSPS) is 10.9. The molecule has 0 unspecified atom stereocenters. The van der Waals surface area contributed by atoms with Crippen LogP contribution >= 0.6 is 0 Å². The van der Waals surface area contributed by atoms with Crippen LogP contribution in [0.25, 0.3) is 11.2 Å². The van der Waals surface area contributed by atoms with E-state index in [1.807, 2.05) is 6.92 Å². The predicted molar refractivity (Wildman–Crippen MR) is 103 cm³/mol. The third-order valence-corrected chi connectivity index (χ3v) is 3.82. The van der Waals surface area contributed by atoms with E-state index in [4.69, 9.17) is 18.9 Å². The van der Waals surface area contributed by atoms with Gasteiger partial charge in [0.05, 0.1) is 12.9 Å². The molecule has 0 aromatic carbocycles. The Morgan fingerprint density at radius 2 is 1.76 bits per heavy atom. The number of carbonyl (C=O) groups excluding carboxylic acids is 2. The maximum atomic E-state index is 11.4. The second-order valence-electron chi connectivity index (χ2n) is 5.91. The number of carbonyl (C=O) groups is 2. The van der Waals surface area contributed by atoms with Crippen molar-refractivity contribution in [1.29, 1.82) is 0 Å². The molecule has 1 N–H and O–H groups in total. The van der Waals surface area contributed by atoms with Gasteiger partial charge in [-0.25, -0.2) is 4.98 Å². The van der Waals surface area contributed by atoms with Crippen molar-refractivity contribution in [3.8, 4) is 5.88 Å². The molecule has 2 heterocycles. The largest absolute Gasteiger partial charge is 0.476 e. The molecule has 0 aliphatic carbocycles. The molecule has 0 spiro atoms. The number of hydrogen-bond acceptors (Lipinski definition) is 10. The van der Waals surface area contributed by atoms with Crippen LogP contribution in [0.1, 0.15) is 33.6 Å². The third-order valence-electron chi connectivity index (χ3n) is 3.82. The van der Waals surface area contributed by atoms with Crippen molar-refractivity contribution in [3.05, 3.63) is 6.33 Å². The van der Waals surface area contributed by atoms with E-state index in [0.29, 0.717) is 29.6 Å². The van der Waals surface area contributed by atoms with Gasteiger partial charge in [0.15, 0.2) is 11.2 Å². The summed E-state index contributed by atoms with van der Waals surface area (Å²) in [5, 5.41) is 2.88. The lowest BCUT2D eigenvalue weighted by molar-refractivity contribution is -0.157. The average Bonchev–Trinajstić information content (AvgIpc) is 3.15. The highest BCUT2D eigenvalue weighted by Gasteiger charge is 2.18. The molecule has 2 aromatic heterocycles. The highest BCUT2D eigenvalue weighted by Crippen LogP contribution is 2.22. The molecular formula is C18H27N5O6. The topological polar surface area (TPSA) is 127 Å². The lowest BCUT2D eigenvalue weighted by Gasteiger charge is -2.18. The fourth-order valence-electron chi connectivity index (χ4n) is 2.27. The Bertz CT molecular complexity index is 804. The lowest BCUT2D eigenvalue weighted by atomic mass is 10.4. The van der Waals surface area contributed by atoms with Crippen LogP contribution in [0.4, 0.5) is 5.95 Å². The van der Waals surface area contributed by atoms with Crippen molar-refractivity contribution in [3.63, 3.8) is 0 Å². The Balaban J connectivity index is 2.13. The van der Waals surface area contributed by atoms with Gasteiger partial charge in [-0.1, -0.05) is 13.8 Å². The van der Waals surface area contributed by atoms with Gasteiger partial charge in [0.1, 0.15) is 26.0 Å². The van der Waals surface area contributed by atoms with E-state index >= 15 is 0 Å². The molecule has 2 aromatic rings. The minimum atomic E-state index is -0.629. The SMILES string of the molecule is CCOc1nc(NC)nc2c1ncn2COC(COC(=O)CC)COC(=O)CC. The highest BCUT2D eigenvalue weighted by molar-refractivity contribution is 5.77. The highest BCUT2D eigenvalue weighted by atomic mass is 16.6. The van der Waals surface area contributed by atoms with E-state index in [1.165, 1.54) is 0 Å². The molecule has 0 aliphatic heterocycles. The van der Waals surface area contributed by atoms with E-state index in [9.17, 15) is 9.59 Å². The van der Waals surface area contributed by atoms with Crippen LogP contribution in [0.3, 0.4) is 0 Å². The van der Waals surface area contributed by atoms with Gasteiger partial charge in [0.2, 0.25) is 11.8 Å². The summed E-state index contributed by atoms with van der Waals surface area (Å²) in [4.78, 5) is 35.9. The minimum absolute atomic E-state index is 0.0305. The predicted octanol–water partition coefficient (Wildman–Crippen LogP) is 1.52. The van der Waals surface area contributed by atoms with E-state index in [-0.39, 0.29) is 44.7 Å². The molecule has 0 bridgehead atoms. The Hall–Kier alpha value is -2.95. The molecule has 29 heavy (non-hydrogen) atoms. The average molecular weight is 409 g/mol. The first kappa shape index (κ1) is 22.3. The van der Waals surface area contributed by atoms with Gasteiger partial charge in [0.25, 0.3) is 0 Å². The zero-order chi connectivity index (χ0) is 21.2. The quantitative estimate of drug-likeness (QED) is 0.515. The summed E-state index contributed by atoms with van der Waals surface area (Å²) in [6.45, 7) is 5.68. The number of esters is 2. The maximum absolute atomic E-state index is 11.4. The van der Waals surface area contributed by atoms with Crippen molar-refractivity contribution in [2.45, 2.75) is 46.4 Å². The van der Waals surface area contributed by atoms with Gasteiger partial charge in [-0.05, 0) is 6.92 Å². The molecule has 11 heteroatoms. The van der Waals surface area contributed by atoms with Gasteiger partial charge in [0, 0.05) is 19.9 Å². The smallest absolute Gasteiger partial charge is 0.305 e. The van der Waals surface area contributed by atoms with E-state index < -0.39 is 6.10 Å². The number of imidazole rings is 1. The van der Waals surface area contributed by atoms with Gasteiger partial charge in [-0.3, -0.25) is 14.2 Å². The summed E-state index contributed by atoms with van der Waals surface area (Å²) >= 11 is 0. The number of fused-ring (bicyclic) bond motifs is 1. The van der Waals surface area contributed by atoms with E-state index in [2.05, 4.69) is 20.3 Å². The van der Waals surface area contributed by atoms with Crippen LogP contribution in [-0.4, -0.2) is 64.4 Å². The molecule has 0 aliphatic rings. The molecule has 160 valence electrons. The number of nitrogens with zero attached hydrogens (tertiary/aromatic N) is 4. The Labute approximate surface area is 168 Å². The van der Waals surface area contributed by atoms with Crippen LogP contribution in [0.15, 0.2) is 6.33 Å². The molecule has 0 saturated heterocycles. The monoisotopic (exact) mass is 409 g/mol. The molecule has 0 fully saturated rings. The number of nitrogens with one attached hydrogen (secondary N) is 1. The summed E-state index contributed by atoms with van der Waals surface area (Å²) in [6, 6.07) is 0. The number of hydrogen-bond donors (Lipinski definition) is 1. The number of anilines is 1. The van der Waals surface area contributed by atoms with Crippen molar-refractivity contribution >= 4 is 29.1 Å². The fourth-order valence-corrected chi connectivity index (χ4v) is 2.27. The van der Waals surface area contributed by atoms with Crippen molar-refractivity contribution in [1.82, 2.24) is 19.5 Å². The first-order chi connectivity index (χ1) is 14.0. The summed E-state index contributed by atoms with van der Waals surface area (Å²) in [7, 11) is 1.70. The third kappa shape index (κ3) is 6.28. The van der Waals surface area contributed by atoms with Crippen LogP contribution in [0, 0.1) is 0 Å². The molecule has 0 radical (unpaired) electrons. The Morgan fingerprint density at radius 3 is 2.31 bits per heavy atom. The number of ether oxygens (including phenoxy) is 4. The molecule has 11 nitrogen and oxygen atoms in total. The van der Waals surface area contributed by atoms with E-state index in [1.54, 1.807) is 31.8 Å². The lowest BCUT2D eigenvalue weighted by Crippen LogP contribution is -2.29. The van der Waals surface area contributed by atoms with Crippen molar-refractivity contribution in [2.75, 3.05) is 32.2 Å². The Kier molecular flexibility index (Phi) is 8.59. The van der Waals surface area contributed by atoms with Crippen LogP contribution in [-0.2, 0) is 30.5 Å². The summed E-state index contributed by atoms with van der Waals surface area (Å²) in [6.07, 6.45) is 1.42. The molecule has 0 atom stereocenters. The standard InChI is InChI=1S/C18H27N5O6/c1-5-13(24)27-8-12(9-28-14(25)6-2)29-11-23-10-20-15-16(23)21-18(19-4)22-17(15)26-7-3/h10,12H,5-9,11H2,1-4H3,(H,19,21,22). The summed E-state index contributed by atoms with van der Waals surface area (Å²) in [5.74, 6) is 0.0291. The van der Waals surface area contributed by atoms with Gasteiger partial charge in [-0.2, -0.15) is 9.97 Å². The van der Waals surface area contributed by atoms with Crippen LogP contribution < -0.4 is 10.1 Å². The summed E-state index contributed by atoms with van der Waals surface area (Å²) < 4.78 is 23.3. The van der Waals surface area contributed by atoms with Gasteiger partial charge in [-0.15, -0.1) is 0 Å². The van der Waals surface area contributed by atoms with Crippen molar-refractivity contribution < 1.29 is 28.5 Å². The maximum Gasteiger partial charge on any atom is 0.305 e. The first-order valence-corrected chi connectivity index (χ1v) is 9.48. The van der Waals surface area contributed by atoms with Gasteiger partial charge < -0.3 is 24.3 Å². The molecular weight excluding hydrogens is 382 g/mol.